The van der Waals surface area contributed by atoms with Gasteiger partial charge in [0.1, 0.15) is 5.82 Å². The van der Waals surface area contributed by atoms with Crippen molar-refractivity contribution in [3.63, 3.8) is 0 Å². The molecule has 0 spiro atoms. The van der Waals surface area contributed by atoms with Gasteiger partial charge in [0.25, 0.3) is 0 Å². The smallest absolute Gasteiger partial charge is 0.142 e. The summed E-state index contributed by atoms with van der Waals surface area (Å²) in [5.74, 6) is 0.942. The first-order chi connectivity index (χ1) is 6.66. The van der Waals surface area contributed by atoms with Gasteiger partial charge in [0.2, 0.25) is 0 Å². The predicted octanol–water partition coefficient (Wildman–Crippen LogP) is 2.32. The van der Waals surface area contributed by atoms with Crippen LogP contribution in [-0.2, 0) is 4.74 Å². The Hall–Kier alpha value is -0.610. The molecule has 0 aliphatic heterocycles. The van der Waals surface area contributed by atoms with E-state index in [0.29, 0.717) is 12.6 Å². The molecule has 4 heteroatoms. The number of methoxy groups -OCH3 is 1. The Labute approximate surface area is 93.2 Å². The van der Waals surface area contributed by atoms with Crippen molar-refractivity contribution in [2.75, 3.05) is 25.7 Å². The summed E-state index contributed by atoms with van der Waals surface area (Å²) in [6.45, 7) is 2.80. The zero-order chi connectivity index (χ0) is 10.6. The van der Waals surface area contributed by atoms with E-state index >= 15 is 0 Å². The first kappa shape index (κ1) is 11.5. The summed E-state index contributed by atoms with van der Waals surface area (Å²) in [6, 6.07) is 4.20. The number of aromatic nitrogens is 1. The summed E-state index contributed by atoms with van der Waals surface area (Å²) in [5, 5.41) is 0. The van der Waals surface area contributed by atoms with Gasteiger partial charge in [-0.1, -0.05) is 0 Å². The molecule has 1 heterocycles. The van der Waals surface area contributed by atoms with Crippen LogP contribution >= 0.6 is 15.9 Å². The van der Waals surface area contributed by atoms with E-state index in [2.05, 4.69) is 32.7 Å². The van der Waals surface area contributed by atoms with Crippen LogP contribution in [0.4, 0.5) is 5.82 Å². The van der Waals surface area contributed by atoms with Gasteiger partial charge in [-0.05, 0) is 35.0 Å². The Kier molecular flexibility index (Phi) is 4.35. The fraction of sp³-hybridized carbons (Fsp3) is 0.500. The van der Waals surface area contributed by atoms with Crippen LogP contribution in [0.5, 0.6) is 0 Å². The number of anilines is 1. The second-order valence-corrected chi connectivity index (χ2v) is 4.08. The molecule has 1 aromatic heterocycles. The highest BCUT2D eigenvalue weighted by Crippen LogP contribution is 2.23. The van der Waals surface area contributed by atoms with Crippen LogP contribution in [0.3, 0.4) is 0 Å². The van der Waals surface area contributed by atoms with E-state index in [-0.39, 0.29) is 0 Å². The third-order valence-corrected chi connectivity index (χ3v) is 2.76. The molecule has 0 saturated carbocycles. The molecular formula is C10H15BrN2O. The molecule has 0 amide bonds. The Balaban J connectivity index is 2.78. The molecule has 0 aromatic carbocycles. The molecule has 78 valence electrons. The van der Waals surface area contributed by atoms with Crippen molar-refractivity contribution in [3.8, 4) is 0 Å². The molecule has 0 radical (unpaired) electrons. The lowest BCUT2D eigenvalue weighted by Gasteiger charge is -2.25. The van der Waals surface area contributed by atoms with Crippen LogP contribution in [0.25, 0.3) is 0 Å². The zero-order valence-corrected chi connectivity index (χ0v) is 10.3. The Bertz CT molecular complexity index is 293. The highest BCUT2D eigenvalue weighted by atomic mass is 79.9. The van der Waals surface area contributed by atoms with Gasteiger partial charge in [-0.2, -0.15) is 0 Å². The molecule has 14 heavy (non-hydrogen) atoms. The number of likely N-dealkylation sites (N-methyl/N-ethyl adjacent to an activating group) is 1. The van der Waals surface area contributed by atoms with Crippen LogP contribution < -0.4 is 4.90 Å². The molecule has 1 rings (SSSR count). The molecule has 1 aromatic rings. The molecule has 0 saturated heterocycles. The predicted molar refractivity (Wildman–Crippen MR) is 61.7 cm³/mol. The fourth-order valence-corrected chi connectivity index (χ4v) is 1.73. The molecule has 0 N–H and O–H groups in total. The highest BCUT2D eigenvalue weighted by molar-refractivity contribution is 9.10. The van der Waals surface area contributed by atoms with Crippen LogP contribution in [0.2, 0.25) is 0 Å². The van der Waals surface area contributed by atoms with Gasteiger partial charge in [-0.15, -0.1) is 0 Å². The van der Waals surface area contributed by atoms with Crippen molar-refractivity contribution < 1.29 is 4.74 Å². The summed E-state index contributed by atoms with van der Waals surface area (Å²) in [4.78, 5) is 6.40. The Morgan fingerprint density at radius 3 is 2.93 bits per heavy atom. The number of ether oxygens (including phenoxy) is 1. The van der Waals surface area contributed by atoms with Gasteiger partial charge in [0, 0.05) is 20.4 Å². The van der Waals surface area contributed by atoms with Crippen molar-refractivity contribution in [3.05, 3.63) is 22.8 Å². The number of pyridine rings is 1. The Morgan fingerprint density at radius 2 is 2.36 bits per heavy atom. The molecule has 0 bridgehead atoms. The summed E-state index contributed by atoms with van der Waals surface area (Å²) in [6.07, 6.45) is 1.79. The van der Waals surface area contributed by atoms with E-state index < -0.39 is 0 Å². The van der Waals surface area contributed by atoms with E-state index in [1.54, 1.807) is 13.3 Å². The van der Waals surface area contributed by atoms with E-state index in [4.69, 9.17) is 4.74 Å². The van der Waals surface area contributed by atoms with E-state index in [1.165, 1.54) is 0 Å². The molecule has 0 aliphatic carbocycles. The largest absolute Gasteiger partial charge is 0.383 e. The van der Waals surface area contributed by atoms with Gasteiger partial charge in [-0.3, -0.25) is 0 Å². The van der Waals surface area contributed by atoms with Crippen molar-refractivity contribution in [1.82, 2.24) is 4.98 Å². The van der Waals surface area contributed by atoms with Gasteiger partial charge < -0.3 is 9.64 Å². The van der Waals surface area contributed by atoms with Crippen LogP contribution in [0.15, 0.2) is 22.8 Å². The fourth-order valence-electron chi connectivity index (χ4n) is 1.20. The summed E-state index contributed by atoms with van der Waals surface area (Å²) >= 11 is 3.47. The third-order valence-electron chi connectivity index (χ3n) is 2.14. The molecule has 3 nitrogen and oxygen atoms in total. The maximum absolute atomic E-state index is 5.10. The van der Waals surface area contributed by atoms with Crippen molar-refractivity contribution in [2.24, 2.45) is 0 Å². The van der Waals surface area contributed by atoms with Crippen molar-refractivity contribution >= 4 is 21.7 Å². The van der Waals surface area contributed by atoms with Crippen LogP contribution in [0, 0.1) is 0 Å². The number of hydrogen-bond donors (Lipinski definition) is 0. The van der Waals surface area contributed by atoms with Crippen LogP contribution in [0.1, 0.15) is 6.92 Å². The van der Waals surface area contributed by atoms with Gasteiger partial charge in [0.05, 0.1) is 17.1 Å². The number of halogens is 1. The lowest BCUT2D eigenvalue weighted by molar-refractivity contribution is 0.183. The van der Waals surface area contributed by atoms with Gasteiger partial charge >= 0.3 is 0 Å². The van der Waals surface area contributed by atoms with Gasteiger partial charge in [-0.25, -0.2) is 4.98 Å². The molecule has 0 aliphatic rings. The zero-order valence-electron chi connectivity index (χ0n) is 8.70. The van der Waals surface area contributed by atoms with E-state index in [0.717, 1.165) is 10.3 Å². The first-order valence-corrected chi connectivity index (χ1v) is 5.28. The maximum atomic E-state index is 5.10. The molecule has 1 atom stereocenters. The lowest BCUT2D eigenvalue weighted by Crippen LogP contribution is -2.33. The average Bonchev–Trinajstić information content (AvgIpc) is 2.18. The normalized spacial score (nSPS) is 12.6. The average molecular weight is 259 g/mol. The minimum Gasteiger partial charge on any atom is -0.383 e. The maximum Gasteiger partial charge on any atom is 0.142 e. The second kappa shape index (κ2) is 5.32. The molecule has 0 fully saturated rings. The second-order valence-electron chi connectivity index (χ2n) is 3.22. The summed E-state index contributed by atoms with van der Waals surface area (Å²) in [5.41, 5.74) is 0. The number of nitrogens with zero attached hydrogens (tertiary/aromatic N) is 2. The van der Waals surface area contributed by atoms with Crippen molar-refractivity contribution in [2.45, 2.75) is 13.0 Å². The number of rotatable bonds is 4. The third kappa shape index (κ3) is 2.69. The van der Waals surface area contributed by atoms with E-state index in [1.807, 2.05) is 19.2 Å². The Morgan fingerprint density at radius 1 is 1.64 bits per heavy atom. The SMILES string of the molecule is COCC(C)N(C)c1ncccc1Br. The highest BCUT2D eigenvalue weighted by Gasteiger charge is 2.12. The topological polar surface area (TPSA) is 25.4 Å². The van der Waals surface area contributed by atoms with E-state index in [9.17, 15) is 0 Å². The minimum atomic E-state index is 0.311. The van der Waals surface area contributed by atoms with Gasteiger partial charge in [0.15, 0.2) is 0 Å². The molecular weight excluding hydrogens is 244 g/mol. The van der Waals surface area contributed by atoms with Crippen molar-refractivity contribution in [1.29, 1.82) is 0 Å². The summed E-state index contributed by atoms with van der Waals surface area (Å²) in [7, 11) is 3.72. The quantitative estimate of drug-likeness (QED) is 0.829. The molecule has 1 unspecified atom stereocenters. The summed E-state index contributed by atoms with van der Waals surface area (Å²) < 4.78 is 6.11. The standard InChI is InChI=1S/C10H15BrN2O/c1-8(7-14-3)13(2)10-9(11)5-4-6-12-10/h4-6,8H,7H2,1-3H3. The lowest BCUT2D eigenvalue weighted by atomic mass is 10.3. The van der Waals surface area contributed by atoms with Crippen LogP contribution in [-0.4, -0.2) is 31.8 Å². The monoisotopic (exact) mass is 258 g/mol. The first-order valence-electron chi connectivity index (χ1n) is 4.49. The minimum absolute atomic E-state index is 0.311. The number of hydrogen-bond acceptors (Lipinski definition) is 3.